The van der Waals surface area contributed by atoms with Crippen molar-refractivity contribution < 1.29 is 4.74 Å². The first-order chi connectivity index (χ1) is 11.8. The first-order valence-corrected chi connectivity index (χ1v) is 9.14. The molecule has 1 fully saturated rings. The van der Waals surface area contributed by atoms with Crippen molar-refractivity contribution in [3.8, 4) is 5.75 Å². The molecule has 0 aromatic heterocycles. The van der Waals surface area contributed by atoms with E-state index in [0.717, 1.165) is 50.4 Å². The van der Waals surface area contributed by atoms with Gasteiger partial charge in [-0.05, 0) is 37.9 Å². The summed E-state index contributed by atoms with van der Waals surface area (Å²) in [5, 5.41) is 6.75. The van der Waals surface area contributed by atoms with Gasteiger partial charge in [0.25, 0.3) is 0 Å². The molecule has 0 heterocycles. The van der Waals surface area contributed by atoms with E-state index in [1.165, 1.54) is 18.4 Å². The third kappa shape index (κ3) is 8.27. The summed E-state index contributed by atoms with van der Waals surface area (Å²) in [5.41, 5.74) is 1.17. The van der Waals surface area contributed by atoms with Crippen LogP contribution in [0.2, 0.25) is 0 Å². The zero-order valence-corrected chi connectivity index (χ0v) is 18.1. The Hall–Kier alpha value is -1.02. The van der Waals surface area contributed by atoms with E-state index in [0.29, 0.717) is 6.54 Å². The van der Waals surface area contributed by atoms with Crippen molar-refractivity contribution in [2.45, 2.75) is 33.2 Å². The average molecular weight is 460 g/mol. The molecular weight excluding hydrogens is 427 g/mol. The van der Waals surface area contributed by atoms with E-state index in [2.05, 4.69) is 52.6 Å². The van der Waals surface area contributed by atoms with Gasteiger partial charge in [0.1, 0.15) is 5.75 Å². The second kappa shape index (κ2) is 12.4. The van der Waals surface area contributed by atoms with Crippen LogP contribution in [-0.4, -0.2) is 50.7 Å². The van der Waals surface area contributed by atoms with Crippen molar-refractivity contribution in [2.24, 2.45) is 10.9 Å². The number of benzene rings is 1. The smallest absolute Gasteiger partial charge is 0.191 e. The molecule has 0 atom stereocenters. The van der Waals surface area contributed by atoms with Gasteiger partial charge in [0.05, 0.1) is 6.61 Å². The Morgan fingerprint density at radius 1 is 1.20 bits per heavy atom. The van der Waals surface area contributed by atoms with Crippen LogP contribution in [0.4, 0.5) is 0 Å². The Morgan fingerprint density at radius 2 is 1.92 bits per heavy atom. The van der Waals surface area contributed by atoms with Gasteiger partial charge < -0.3 is 20.3 Å². The van der Waals surface area contributed by atoms with Gasteiger partial charge in [0, 0.05) is 32.2 Å². The Bertz CT molecular complexity index is 516. The highest BCUT2D eigenvalue weighted by atomic mass is 127. The monoisotopic (exact) mass is 460 g/mol. The zero-order chi connectivity index (χ0) is 17.2. The molecular formula is C19H33IN4O. The molecule has 0 radical (unpaired) electrons. The number of para-hydroxylation sites is 1. The lowest BCUT2D eigenvalue weighted by Crippen LogP contribution is -2.41. The van der Waals surface area contributed by atoms with E-state index in [4.69, 9.17) is 4.74 Å². The van der Waals surface area contributed by atoms with Crippen LogP contribution in [0.3, 0.4) is 0 Å². The van der Waals surface area contributed by atoms with Gasteiger partial charge in [0.15, 0.2) is 5.96 Å². The predicted octanol–water partition coefficient (Wildman–Crippen LogP) is 3.10. The molecule has 0 saturated heterocycles. The van der Waals surface area contributed by atoms with Crippen LogP contribution in [0, 0.1) is 5.92 Å². The van der Waals surface area contributed by atoms with Crippen molar-refractivity contribution in [1.82, 2.24) is 15.5 Å². The first-order valence-electron chi connectivity index (χ1n) is 9.14. The summed E-state index contributed by atoms with van der Waals surface area (Å²) in [6, 6.07) is 8.24. The number of hydrogen-bond donors (Lipinski definition) is 2. The Kier molecular flexibility index (Phi) is 10.9. The summed E-state index contributed by atoms with van der Waals surface area (Å²) < 4.78 is 5.96. The minimum Gasteiger partial charge on any atom is -0.493 e. The maximum Gasteiger partial charge on any atom is 0.191 e. The number of halogens is 1. The highest BCUT2D eigenvalue weighted by Gasteiger charge is 2.22. The summed E-state index contributed by atoms with van der Waals surface area (Å²) in [6.07, 6.45) is 2.62. The van der Waals surface area contributed by atoms with Crippen LogP contribution in [-0.2, 0) is 6.54 Å². The van der Waals surface area contributed by atoms with E-state index >= 15 is 0 Å². The predicted molar refractivity (Wildman–Crippen MR) is 116 cm³/mol. The SMILES string of the molecule is CCN(CC)CCNC(=NC)NCc1ccccc1OCC1CC1.I. The molecule has 0 unspecified atom stereocenters. The van der Waals surface area contributed by atoms with Gasteiger partial charge in [-0.3, -0.25) is 4.99 Å². The van der Waals surface area contributed by atoms with Crippen molar-refractivity contribution in [3.05, 3.63) is 29.8 Å². The maximum absolute atomic E-state index is 5.96. The van der Waals surface area contributed by atoms with Crippen LogP contribution in [0.5, 0.6) is 5.75 Å². The van der Waals surface area contributed by atoms with Crippen molar-refractivity contribution in [1.29, 1.82) is 0 Å². The highest BCUT2D eigenvalue weighted by molar-refractivity contribution is 14.0. The van der Waals surface area contributed by atoms with E-state index in [-0.39, 0.29) is 24.0 Å². The van der Waals surface area contributed by atoms with E-state index in [9.17, 15) is 0 Å². The normalized spacial score (nSPS) is 14.2. The van der Waals surface area contributed by atoms with Crippen LogP contribution >= 0.6 is 24.0 Å². The van der Waals surface area contributed by atoms with Crippen molar-refractivity contribution >= 4 is 29.9 Å². The van der Waals surface area contributed by atoms with Gasteiger partial charge in [-0.1, -0.05) is 32.0 Å². The molecule has 6 heteroatoms. The molecule has 1 aliphatic rings. The molecule has 142 valence electrons. The molecule has 0 aliphatic heterocycles. The third-order valence-electron chi connectivity index (χ3n) is 4.43. The molecule has 0 bridgehead atoms. The summed E-state index contributed by atoms with van der Waals surface area (Å²) in [4.78, 5) is 6.69. The van der Waals surface area contributed by atoms with Gasteiger partial charge >= 0.3 is 0 Å². The molecule has 0 amide bonds. The topological polar surface area (TPSA) is 48.9 Å². The van der Waals surface area contributed by atoms with Gasteiger partial charge in [-0.15, -0.1) is 24.0 Å². The number of hydrogen-bond acceptors (Lipinski definition) is 3. The molecule has 25 heavy (non-hydrogen) atoms. The maximum atomic E-state index is 5.96. The third-order valence-corrected chi connectivity index (χ3v) is 4.43. The van der Waals surface area contributed by atoms with Gasteiger partial charge in [0.2, 0.25) is 0 Å². The zero-order valence-electron chi connectivity index (χ0n) is 15.8. The highest BCUT2D eigenvalue weighted by Crippen LogP contribution is 2.30. The second-order valence-electron chi connectivity index (χ2n) is 6.24. The number of ether oxygens (including phenoxy) is 1. The van der Waals surface area contributed by atoms with E-state index < -0.39 is 0 Å². The van der Waals surface area contributed by atoms with Crippen molar-refractivity contribution in [3.63, 3.8) is 0 Å². The van der Waals surface area contributed by atoms with E-state index in [1.54, 1.807) is 0 Å². The minimum absolute atomic E-state index is 0. The fourth-order valence-corrected chi connectivity index (χ4v) is 2.55. The number of nitrogens with zero attached hydrogens (tertiary/aromatic N) is 2. The first kappa shape index (κ1) is 22.0. The standard InChI is InChI=1S/C19H32N4O.HI/c1-4-23(5-2)13-12-21-19(20-3)22-14-17-8-6-7-9-18(17)24-15-16-10-11-16;/h6-9,16H,4-5,10-15H2,1-3H3,(H2,20,21,22);1H. The summed E-state index contributed by atoms with van der Waals surface area (Å²) in [5.74, 6) is 2.58. The summed E-state index contributed by atoms with van der Waals surface area (Å²) in [7, 11) is 1.81. The largest absolute Gasteiger partial charge is 0.493 e. The molecule has 1 aliphatic carbocycles. The average Bonchev–Trinajstić information content (AvgIpc) is 3.44. The summed E-state index contributed by atoms with van der Waals surface area (Å²) >= 11 is 0. The fraction of sp³-hybridized carbons (Fsp3) is 0.632. The second-order valence-corrected chi connectivity index (χ2v) is 6.24. The molecule has 0 spiro atoms. The summed E-state index contributed by atoms with van der Waals surface area (Å²) in [6.45, 7) is 10.0. The number of nitrogens with one attached hydrogen (secondary N) is 2. The Balaban J connectivity index is 0.00000312. The molecule has 1 aromatic carbocycles. The molecule has 1 saturated carbocycles. The Morgan fingerprint density at radius 3 is 2.56 bits per heavy atom. The van der Waals surface area contributed by atoms with Gasteiger partial charge in [-0.25, -0.2) is 0 Å². The number of guanidine groups is 1. The molecule has 5 nitrogen and oxygen atoms in total. The van der Waals surface area contributed by atoms with Crippen LogP contribution in [0.15, 0.2) is 29.3 Å². The van der Waals surface area contributed by atoms with Crippen molar-refractivity contribution in [2.75, 3.05) is 39.8 Å². The quantitative estimate of drug-likeness (QED) is 0.320. The van der Waals surface area contributed by atoms with Gasteiger partial charge in [-0.2, -0.15) is 0 Å². The lowest BCUT2D eigenvalue weighted by molar-refractivity contribution is 0.296. The molecule has 2 N–H and O–H groups in total. The van der Waals surface area contributed by atoms with Crippen LogP contribution < -0.4 is 15.4 Å². The van der Waals surface area contributed by atoms with Crippen LogP contribution in [0.25, 0.3) is 0 Å². The number of rotatable bonds is 10. The number of likely N-dealkylation sites (N-methyl/N-ethyl adjacent to an activating group) is 1. The lowest BCUT2D eigenvalue weighted by Gasteiger charge is -2.19. The molecule has 2 rings (SSSR count). The Labute approximate surface area is 169 Å². The van der Waals surface area contributed by atoms with E-state index in [1.807, 2.05) is 13.1 Å². The molecule has 1 aromatic rings. The fourth-order valence-electron chi connectivity index (χ4n) is 2.55. The minimum atomic E-state index is 0. The lowest BCUT2D eigenvalue weighted by atomic mass is 10.2. The number of aliphatic imine (C=N–C) groups is 1. The van der Waals surface area contributed by atoms with Crippen LogP contribution in [0.1, 0.15) is 32.3 Å².